The van der Waals surface area contributed by atoms with E-state index in [1.807, 2.05) is 48.7 Å². The topological polar surface area (TPSA) is 88.2 Å². The molecule has 0 fully saturated rings. The van der Waals surface area contributed by atoms with Crippen molar-refractivity contribution in [3.05, 3.63) is 66.1 Å². The first-order valence-corrected chi connectivity index (χ1v) is 6.98. The van der Waals surface area contributed by atoms with Crippen LogP contribution < -0.4 is 10.5 Å². The Bertz CT molecular complexity index is 779. The van der Waals surface area contributed by atoms with Crippen LogP contribution in [0.2, 0.25) is 0 Å². The lowest BCUT2D eigenvalue weighted by Crippen LogP contribution is -2.30. The van der Waals surface area contributed by atoms with Gasteiger partial charge in [-0.2, -0.15) is 15.0 Å². The largest absolute Gasteiger partial charge is 0.288 e. The van der Waals surface area contributed by atoms with Gasteiger partial charge >= 0.3 is 0 Å². The summed E-state index contributed by atoms with van der Waals surface area (Å²) in [7, 11) is 1.85. The van der Waals surface area contributed by atoms with E-state index in [1.165, 1.54) is 0 Å². The summed E-state index contributed by atoms with van der Waals surface area (Å²) in [6.45, 7) is 0.527. The van der Waals surface area contributed by atoms with E-state index in [-0.39, 0.29) is 0 Å². The van der Waals surface area contributed by atoms with Crippen LogP contribution in [0, 0.1) is 0 Å². The Hall–Kier alpha value is -3.13. The lowest BCUT2D eigenvalue weighted by Gasteiger charge is -2.22. The van der Waals surface area contributed by atoms with Gasteiger partial charge in [-0.3, -0.25) is 14.7 Å². The molecule has 2 heterocycles. The fraction of sp³-hybridized carbons (Fsp3) is 0.133. The van der Waals surface area contributed by atoms with Gasteiger partial charge in [-0.05, 0) is 23.8 Å². The standard InChI is InChI=1S/C15H16N6O2/c1-19-10-7-14(17-19)20(21-9-2-8-16-21)11-12-3-5-13(6-4-12)15(22)18-23/h2-10,23H,11H2,1H3,(H,18,22). The number of hydroxylamine groups is 1. The molecule has 0 spiro atoms. The quantitative estimate of drug-likeness (QED) is 0.546. The fourth-order valence-electron chi connectivity index (χ4n) is 2.20. The zero-order chi connectivity index (χ0) is 16.2. The smallest absolute Gasteiger partial charge is 0.274 e. The summed E-state index contributed by atoms with van der Waals surface area (Å²) in [5.74, 6) is 0.221. The summed E-state index contributed by atoms with van der Waals surface area (Å²) in [5, 5.41) is 19.2. The molecule has 2 N–H and O–H groups in total. The second kappa shape index (κ2) is 6.32. The summed E-state index contributed by atoms with van der Waals surface area (Å²) in [4.78, 5) is 13.1. The third-order valence-electron chi connectivity index (χ3n) is 3.35. The van der Waals surface area contributed by atoms with E-state index < -0.39 is 5.91 Å². The van der Waals surface area contributed by atoms with Crippen molar-refractivity contribution < 1.29 is 10.0 Å². The second-order valence-corrected chi connectivity index (χ2v) is 4.97. The van der Waals surface area contributed by atoms with Gasteiger partial charge in [0.25, 0.3) is 5.91 Å². The Morgan fingerprint density at radius 3 is 2.61 bits per heavy atom. The minimum absolute atomic E-state index is 0.389. The highest BCUT2D eigenvalue weighted by Gasteiger charge is 2.13. The summed E-state index contributed by atoms with van der Waals surface area (Å²) < 4.78 is 1.72. The maximum atomic E-state index is 11.4. The molecule has 0 unspecified atom stereocenters. The van der Waals surface area contributed by atoms with Crippen molar-refractivity contribution in [3.8, 4) is 0 Å². The molecule has 1 aromatic carbocycles. The molecule has 3 rings (SSSR count). The predicted octanol–water partition coefficient (Wildman–Crippen LogP) is 1.21. The van der Waals surface area contributed by atoms with E-state index in [4.69, 9.17) is 5.21 Å². The van der Waals surface area contributed by atoms with E-state index in [0.717, 1.165) is 11.4 Å². The number of aromatic nitrogens is 4. The van der Waals surface area contributed by atoms with Gasteiger partial charge in [0.05, 0.1) is 12.7 Å². The highest BCUT2D eigenvalue weighted by atomic mass is 16.5. The van der Waals surface area contributed by atoms with Gasteiger partial charge in [-0.15, -0.1) is 0 Å². The fourth-order valence-corrected chi connectivity index (χ4v) is 2.20. The molecule has 0 aliphatic carbocycles. The number of carbonyl (C=O) groups excluding carboxylic acids is 1. The van der Waals surface area contributed by atoms with E-state index in [1.54, 1.807) is 33.3 Å². The molecule has 23 heavy (non-hydrogen) atoms. The first kappa shape index (κ1) is 14.8. The van der Waals surface area contributed by atoms with Crippen LogP contribution in [0.1, 0.15) is 15.9 Å². The average Bonchev–Trinajstić information content (AvgIpc) is 3.24. The Morgan fingerprint density at radius 2 is 2.04 bits per heavy atom. The van der Waals surface area contributed by atoms with E-state index in [0.29, 0.717) is 12.1 Å². The normalized spacial score (nSPS) is 10.5. The molecule has 0 bridgehead atoms. The first-order chi connectivity index (χ1) is 11.2. The van der Waals surface area contributed by atoms with Crippen LogP contribution in [-0.4, -0.2) is 30.8 Å². The minimum Gasteiger partial charge on any atom is -0.288 e. The predicted molar refractivity (Wildman–Crippen MR) is 82.7 cm³/mol. The Morgan fingerprint density at radius 1 is 1.26 bits per heavy atom. The molecule has 8 heteroatoms. The Labute approximate surface area is 132 Å². The van der Waals surface area contributed by atoms with Crippen LogP contribution in [0.4, 0.5) is 5.82 Å². The number of nitrogens with one attached hydrogen (secondary N) is 1. The number of anilines is 1. The van der Waals surface area contributed by atoms with Gasteiger partial charge in [-0.1, -0.05) is 12.1 Å². The van der Waals surface area contributed by atoms with Crippen molar-refractivity contribution in [1.29, 1.82) is 0 Å². The zero-order valence-corrected chi connectivity index (χ0v) is 12.5. The van der Waals surface area contributed by atoms with Crippen molar-refractivity contribution in [2.24, 2.45) is 7.05 Å². The van der Waals surface area contributed by atoms with E-state index >= 15 is 0 Å². The van der Waals surface area contributed by atoms with Gasteiger partial charge in [-0.25, -0.2) is 10.5 Å². The van der Waals surface area contributed by atoms with Gasteiger partial charge in [0, 0.05) is 31.1 Å². The Balaban J connectivity index is 1.85. The lowest BCUT2D eigenvalue weighted by molar-refractivity contribution is 0.0706. The lowest BCUT2D eigenvalue weighted by atomic mass is 10.1. The van der Waals surface area contributed by atoms with Gasteiger partial charge < -0.3 is 0 Å². The van der Waals surface area contributed by atoms with E-state index in [2.05, 4.69) is 10.2 Å². The molecule has 0 saturated carbocycles. The number of hydrogen-bond acceptors (Lipinski definition) is 5. The number of carbonyl (C=O) groups is 1. The second-order valence-electron chi connectivity index (χ2n) is 4.97. The molecule has 8 nitrogen and oxygen atoms in total. The van der Waals surface area contributed by atoms with E-state index in [9.17, 15) is 4.79 Å². The zero-order valence-electron chi connectivity index (χ0n) is 12.5. The molecular formula is C15H16N6O2. The van der Waals surface area contributed by atoms with Crippen LogP contribution in [0.15, 0.2) is 55.0 Å². The minimum atomic E-state index is -0.537. The Kier molecular flexibility index (Phi) is 4.07. The molecule has 0 aliphatic rings. The molecule has 0 radical (unpaired) electrons. The number of benzene rings is 1. The summed E-state index contributed by atoms with van der Waals surface area (Å²) in [6.07, 6.45) is 5.40. The maximum Gasteiger partial charge on any atom is 0.274 e. The van der Waals surface area contributed by atoms with Crippen LogP contribution in [0.25, 0.3) is 0 Å². The maximum absolute atomic E-state index is 11.4. The van der Waals surface area contributed by atoms with Crippen LogP contribution in [-0.2, 0) is 13.6 Å². The number of hydrogen-bond donors (Lipinski definition) is 2. The average molecular weight is 312 g/mol. The molecule has 0 aliphatic heterocycles. The highest BCUT2D eigenvalue weighted by Crippen LogP contribution is 2.16. The molecule has 118 valence electrons. The molecule has 0 atom stereocenters. The highest BCUT2D eigenvalue weighted by molar-refractivity contribution is 5.93. The SMILES string of the molecule is Cn1ccc(N(Cc2ccc(C(=O)NO)cc2)n2cccn2)n1. The van der Waals surface area contributed by atoms with Gasteiger partial charge in [0.1, 0.15) is 0 Å². The van der Waals surface area contributed by atoms with Crippen molar-refractivity contribution in [3.63, 3.8) is 0 Å². The van der Waals surface area contributed by atoms with Gasteiger partial charge in [0.2, 0.25) is 0 Å². The summed E-state index contributed by atoms with van der Waals surface area (Å²) in [5.41, 5.74) is 2.98. The van der Waals surface area contributed by atoms with Crippen LogP contribution >= 0.6 is 0 Å². The van der Waals surface area contributed by atoms with Crippen molar-refractivity contribution >= 4 is 11.7 Å². The number of aryl methyl sites for hydroxylation is 1. The molecule has 3 aromatic rings. The molecule has 0 saturated heterocycles. The van der Waals surface area contributed by atoms with Gasteiger partial charge in [0.15, 0.2) is 5.82 Å². The number of nitrogens with zero attached hydrogens (tertiary/aromatic N) is 5. The molecule has 2 aromatic heterocycles. The van der Waals surface area contributed by atoms with Crippen LogP contribution in [0.3, 0.4) is 0 Å². The van der Waals surface area contributed by atoms with Crippen LogP contribution in [0.5, 0.6) is 0 Å². The van der Waals surface area contributed by atoms with Crippen molar-refractivity contribution in [2.75, 3.05) is 5.01 Å². The number of amides is 1. The number of rotatable bonds is 5. The molecule has 1 amide bonds. The third kappa shape index (κ3) is 3.22. The summed E-state index contributed by atoms with van der Waals surface area (Å²) >= 11 is 0. The van der Waals surface area contributed by atoms with Crippen molar-refractivity contribution in [1.82, 2.24) is 25.2 Å². The molecular weight excluding hydrogens is 296 g/mol. The monoisotopic (exact) mass is 312 g/mol. The van der Waals surface area contributed by atoms with Crippen molar-refractivity contribution in [2.45, 2.75) is 6.54 Å². The third-order valence-corrected chi connectivity index (χ3v) is 3.35. The summed E-state index contributed by atoms with van der Waals surface area (Å²) in [6, 6.07) is 10.7. The first-order valence-electron chi connectivity index (χ1n) is 6.98.